The summed E-state index contributed by atoms with van der Waals surface area (Å²) in [6, 6.07) is 15.3. The van der Waals surface area contributed by atoms with Crippen molar-refractivity contribution in [2.24, 2.45) is 0 Å². The number of hydrogen-bond acceptors (Lipinski definition) is 3. The maximum Gasteiger partial charge on any atom is 0.249 e. The second-order valence-corrected chi connectivity index (χ2v) is 6.73. The van der Waals surface area contributed by atoms with Gasteiger partial charge in [-0.15, -0.1) is 0 Å². The molecule has 0 saturated heterocycles. The summed E-state index contributed by atoms with van der Waals surface area (Å²) in [7, 11) is 0. The van der Waals surface area contributed by atoms with E-state index < -0.39 is 0 Å². The number of halogens is 1. The van der Waals surface area contributed by atoms with Crippen LogP contribution in [0.2, 0.25) is 5.02 Å². The molecule has 2 aromatic carbocycles. The fourth-order valence-corrected chi connectivity index (χ4v) is 3.10. The second kappa shape index (κ2) is 7.68. The van der Waals surface area contributed by atoms with Crippen LogP contribution in [0, 0.1) is 0 Å². The van der Waals surface area contributed by atoms with Crippen molar-refractivity contribution in [3.05, 3.63) is 82.5 Å². The highest BCUT2D eigenvalue weighted by Gasteiger charge is 2.11. The molecule has 5 nitrogen and oxygen atoms in total. The summed E-state index contributed by atoms with van der Waals surface area (Å²) in [5, 5.41) is 7.83. The predicted molar refractivity (Wildman–Crippen MR) is 106 cm³/mol. The lowest BCUT2D eigenvalue weighted by atomic mass is 10.1. The molecule has 1 aromatic heterocycles. The minimum Gasteiger partial charge on any atom is -0.493 e. The van der Waals surface area contributed by atoms with E-state index in [0.29, 0.717) is 17.4 Å². The molecule has 0 fully saturated rings. The van der Waals surface area contributed by atoms with Crippen LogP contribution in [0.1, 0.15) is 16.7 Å². The maximum absolute atomic E-state index is 12.3. The van der Waals surface area contributed by atoms with Gasteiger partial charge in [0.2, 0.25) is 5.91 Å². The van der Waals surface area contributed by atoms with Crippen molar-refractivity contribution in [3.63, 3.8) is 0 Å². The number of anilines is 1. The zero-order valence-electron chi connectivity index (χ0n) is 14.6. The lowest BCUT2D eigenvalue weighted by molar-refractivity contribution is -0.111. The van der Waals surface area contributed by atoms with Crippen LogP contribution in [-0.2, 0) is 17.8 Å². The van der Waals surface area contributed by atoms with E-state index in [0.717, 1.165) is 29.9 Å². The smallest absolute Gasteiger partial charge is 0.249 e. The Labute approximate surface area is 162 Å². The molecule has 0 unspecified atom stereocenters. The Kier molecular flexibility index (Phi) is 4.94. The van der Waals surface area contributed by atoms with Gasteiger partial charge in [-0.25, -0.2) is 4.68 Å². The average molecular weight is 380 g/mol. The fourth-order valence-electron chi connectivity index (χ4n) is 2.98. The number of ether oxygens (including phenoxy) is 1. The molecule has 0 radical (unpaired) electrons. The van der Waals surface area contributed by atoms with Crippen LogP contribution in [0.5, 0.6) is 5.75 Å². The van der Waals surface area contributed by atoms with Gasteiger partial charge >= 0.3 is 0 Å². The van der Waals surface area contributed by atoms with Crippen molar-refractivity contribution in [3.8, 4) is 5.75 Å². The largest absolute Gasteiger partial charge is 0.493 e. The van der Waals surface area contributed by atoms with Crippen LogP contribution < -0.4 is 10.1 Å². The van der Waals surface area contributed by atoms with E-state index in [4.69, 9.17) is 16.3 Å². The molecule has 2 heterocycles. The second-order valence-electron chi connectivity index (χ2n) is 6.29. The van der Waals surface area contributed by atoms with Gasteiger partial charge in [-0.05, 0) is 47.0 Å². The Morgan fingerprint density at radius 1 is 1.22 bits per heavy atom. The average Bonchev–Trinajstić information content (AvgIpc) is 3.31. The number of nitrogens with zero attached hydrogens (tertiary/aromatic N) is 2. The monoisotopic (exact) mass is 379 g/mol. The third-order valence-electron chi connectivity index (χ3n) is 4.35. The molecule has 3 aromatic rings. The van der Waals surface area contributed by atoms with Crippen molar-refractivity contribution in [2.75, 3.05) is 11.9 Å². The summed E-state index contributed by atoms with van der Waals surface area (Å²) < 4.78 is 7.24. The van der Waals surface area contributed by atoms with Gasteiger partial charge in [0.1, 0.15) is 11.6 Å². The summed E-state index contributed by atoms with van der Waals surface area (Å²) in [4.78, 5) is 12.3. The number of benzene rings is 2. The van der Waals surface area contributed by atoms with E-state index >= 15 is 0 Å². The molecule has 1 aliphatic rings. The SMILES string of the molecule is O=C(/C=C/c1ccc2c(c1)CCO2)Nc1ccnn1Cc1ccc(Cl)cc1. The summed E-state index contributed by atoms with van der Waals surface area (Å²) in [6.07, 6.45) is 5.90. The van der Waals surface area contributed by atoms with Crippen LogP contribution in [0.25, 0.3) is 6.08 Å². The van der Waals surface area contributed by atoms with E-state index in [2.05, 4.69) is 16.5 Å². The molecule has 0 atom stereocenters. The fraction of sp³-hybridized carbons (Fsp3) is 0.143. The first-order valence-electron chi connectivity index (χ1n) is 8.68. The Hall–Kier alpha value is -3.05. The third-order valence-corrected chi connectivity index (χ3v) is 4.61. The number of nitrogens with one attached hydrogen (secondary N) is 1. The quantitative estimate of drug-likeness (QED) is 0.677. The molecular weight excluding hydrogens is 362 g/mol. The van der Waals surface area contributed by atoms with Crippen LogP contribution >= 0.6 is 11.6 Å². The van der Waals surface area contributed by atoms with Crippen LogP contribution in [-0.4, -0.2) is 22.3 Å². The van der Waals surface area contributed by atoms with Gasteiger partial charge in [-0.1, -0.05) is 29.8 Å². The summed E-state index contributed by atoms with van der Waals surface area (Å²) >= 11 is 5.92. The topological polar surface area (TPSA) is 56.1 Å². The van der Waals surface area contributed by atoms with Crippen molar-refractivity contribution in [1.82, 2.24) is 9.78 Å². The molecule has 1 aliphatic heterocycles. The van der Waals surface area contributed by atoms with Gasteiger partial charge in [0.25, 0.3) is 0 Å². The molecule has 0 bridgehead atoms. The van der Waals surface area contributed by atoms with E-state index in [1.165, 1.54) is 11.6 Å². The number of carbonyl (C=O) groups is 1. The zero-order valence-corrected chi connectivity index (χ0v) is 15.3. The van der Waals surface area contributed by atoms with E-state index in [1.54, 1.807) is 23.0 Å². The zero-order chi connectivity index (χ0) is 18.6. The lowest BCUT2D eigenvalue weighted by Gasteiger charge is -2.08. The molecule has 136 valence electrons. The Morgan fingerprint density at radius 3 is 2.93 bits per heavy atom. The minimum absolute atomic E-state index is 0.204. The normalized spacial score (nSPS) is 12.8. The van der Waals surface area contributed by atoms with Crippen LogP contribution in [0.15, 0.2) is 60.8 Å². The molecule has 0 spiro atoms. The predicted octanol–water partition coefficient (Wildman–Crippen LogP) is 4.17. The minimum atomic E-state index is -0.204. The molecule has 6 heteroatoms. The van der Waals surface area contributed by atoms with Gasteiger partial charge in [-0.2, -0.15) is 5.10 Å². The highest BCUT2D eigenvalue weighted by atomic mass is 35.5. The molecule has 1 N–H and O–H groups in total. The third kappa shape index (κ3) is 4.20. The molecule has 0 saturated carbocycles. The van der Waals surface area contributed by atoms with Gasteiger partial charge < -0.3 is 10.1 Å². The summed E-state index contributed by atoms with van der Waals surface area (Å²) in [5.41, 5.74) is 3.21. The number of rotatable bonds is 5. The van der Waals surface area contributed by atoms with Gasteiger partial charge in [0.05, 0.1) is 19.3 Å². The standard InChI is InChI=1S/C21H18ClN3O2/c22-18-5-1-16(2-6-18)14-25-20(9-11-23-25)24-21(26)8-4-15-3-7-19-17(13-15)10-12-27-19/h1-9,11,13H,10,12,14H2,(H,24,26)/b8-4+. The van der Waals surface area contributed by atoms with Gasteiger partial charge in [0, 0.05) is 23.6 Å². The number of hydrogen-bond donors (Lipinski definition) is 1. The van der Waals surface area contributed by atoms with E-state index in [1.807, 2.05) is 36.4 Å². The highest BCUT2D eigenvalue weighted by Crippen LogP contribution is 2.26. The number of fused-ring (bicyclic) bond motifs is 1. The van der Waals surface area contributed by atoms with Gasteiger partial charge in [-0.3, -0.25) is 4.79 Å². The summed E-state index contributed by atoms with van der Waals surface area (Å²) in [5.74, 6) is 1.37. The van der Waals surface area contributed by atoms with Gasteiger partial charge in [0.15, 0.2) is 0 Å². The first-order chi connectivity index (χ1) is 13.2. The number of aromatic nitrogens is 2. The van der Waals surface area contributed by atoms with Crippen LogP contribution in [0.3, 0.4) is 0 Å². The van der Waals surface area contributed by atoms with Crippen molar-refractivity contribution in [1.29, 1.82) is 0 Å². The number of amides is 1. The molecule has 27 heavy (non-hydrogen) atoms. The first kappa shape index (κ1) is 17.4. The van der Waals surface area contributed by atoms with E-state index in [-0.39, 0.29) is 5.91 Å². The van der Waals surface area contributed by atoms with Crippen molar-refractivity contribution < 1.29 is 9.53 Å². The number of carbonyl (C=O) groups excluding carboxylic acids is 1. The molecule has 4 rings (SSSR count). The Balaban J connectivity index is 1.41. The summed E-state index contributed by atoms with van der Waals surface area (Å²) in [6.45, 7) is 1.27. The van der Waals surface area contributed by atoms with Crippen molar-refractivity contribution >= 4 is 29.4 Å². The van der Waals surface area contributed by atoms with E-state index in [9.17, 15) is 4.79 Å². The van der Waals surface area contributed by atoms with Crippen molar-refractivity contribution in [2.45, 2.75) is 13.0 Å². The molecule has 1 amide bonds. The van der Waals surface area contributed by atoms with Crippen LogP contribution in [0.4, 0.5) is 5.82 Å². The lowest BCUT2D eigenvalue weighted by Crippen LogP contribution is -2.13. The maximum atomic E-state index is 12.3. The molecular formula is C21H18ClN3O2. The Morgan fingerprint density at radius 2 is 2.07 bits per heavy atom. The Bertz CT molecular complexity index is 993. The first-order valence-corrected chi connectivity index (χ1v) is 9.06. The molecule has 0 aliphatic carbocycles. The highest BCUT2D eigenvalue weighted by molar-refractivity contribution is 6.30.